The predicted octanol–water partition coefficient (Wildman–Crippen LogP) is 6.91. The smallest absolute Gasteiger partial charge is 0.406 e. The monoisotopic (exact) mass is 1070 g/mol. The van der Waals surface area contributed by atoms with Gasteiger partial charge in [-0.3, -0.25) is 39.1 Å². The summed E-state index contributed by atoms with van der Waals surface area (Å²) in [6.07, 6.45) is 0.627. The molecular formula is C56H72F3N9O7S. The third-order valence-electron chi connectivity index (χ3n) is 15.9. The summed E-state index contributed by atoms with van der Waals surface area (Å²) in [7, 11) is 1.55. The van der Waals surface area contributed by atoms with E-state index in [1.54, 1.807) is 25.4 Å². The van der Waals surface area contributed by atoms with Gasteiger partial charge in [0.05, 0.1) is 48.5 Å². The van der Waals surface area contributed by atoms with E-state index in [0.717, 1.165) is 26.2 Å². The third-order valence-corrected chi connectivity index (χ3v) is 16.8. The second kappa shape index (κ2) is 22.8. The highest BCUT2D eigenvalue weighted by molar-refractivity contribution is 7.10. The van der Waals surface area contributed by atoms with Crippen LogP contribution in [0.2, 0.25) is 0 Å². The number of rotatable bonds is 9. The van der Waals surface area contributed by atoms with Crippen molar-refractivity contribution in [1.29, 1.82) is 0 Å². The molecule has 5 aliphatic heterocycles. The number of hydrazine groups is 1. The number of pyridine rings is 1. The fraction of sp³-hybridized carbons (Fsp3) is 0.625. The molecule has 6 aliphatic rings. The van der Waals surface area contributed by atoms with Crippen LogP contribution in [0.5, 0.6) is 0 Å². The molecule has 76 heavy (non-hydrogen) atoms. The van der Waals surface area contributed by atoms with Crippen LogP contribution >= 0.6 is 11.3 Å². The number of cyclic esters (lactones) is 1. The Balaban J connectivity index is 1.12. The van der Waals surface area contributed by atoms with Crippen LogP contribution in [0.15, 0.2) is 35.8 Å². The highest BCUT2D eigenvalue weighted by Gasteiger charge is 2.45. The number of alkyl halides is 3. The zero-order valence-corrected chi connectivity index (χ0v) is 45.4. The number of benzene rings is 1. The van der Waals surface area contributed by atoms with Crippen molar-refractivity contribution in [3.63, 3.8) is 0 Å². The summed E-state index contributed by atoms with van der Waals surface area (Å²) in [5, 5.41) is 7.59. The van der Waals surface area contributed by atoms with Gasteiger partial charge in [0.25, 0.3) is 5.91 Å². The molecule has 1 saturated carbocycles. The quantitative estimate of drug-likeness (QED) is 0.132. The number of aromatic nitrogens is 3. The van der Waals surface area contributed by atoms with Crippen molar-refractivity contribution in [3.05, 3.63) is 57.7 Å². The molecule has 0 spiro atoms. The summed E-state index contributed by atoms with van der Waals surface area (Å²) in [6, 6.07) is 5.11. The normalized spacial score (nSPS) is 26.3. The largest absolute Gasteiger partial charge is 0.464 e. The minimum Gasteiger partial charge on any atom is -0.464 e. The van der Waals surface area contributed by atoms with E-state index in [0.29, 0.717) is 120 Å². The summed E-state index contributed by atoms with van der Waals surface area (Å²) in [4.78, 5) is 60.8. The molecular weight excluding hydrogens is 1000 g/mol. The number of fused-ring (bicyclic) bond motifs is 6. The first-order chi connectivity index (χ1) is 36.4. The Morgan fingerprint density at radius 1 is 1.01 bits per heavy atom. The molecule has 0 radical (unpaired) electrons. The summed E-state index contributed by atoms with van der Waals surface area (Å²) in [5.74, 6) is 5.33. The van der Waals surface area contributed by atoms with E-state index in [1.165, 1.54) is 33.8 Å². The van der Waals surface area contributed by atoms with Gasteiger partial charge in [0, 0.05) is 123 Å². The number of methoxy groups -OCH3 is 1. The lowest BCUT2D eigenvalue weighted by Gasteiger charge is -2.41. The summed E-state index contributed by atoms with van der Waals surface area (Å²) < 4.78 is 70.5. The Hall–Kier alpha value is -4.98. The van der Waals surface area contributed by atoms with E-state index in [2.05, 4.69) is 44.2 Å². The predicted molar refractivity (Wildman–Crippen MR) is 282 cm³/mol. The van der Waals surface area contributed by atoms with Gasteiger partial charge in [0.15, 0.2) is 0 Å². The number of esters is 1. The first-order valence-corrected chi connectivity index (χ1v) is 28.0. The van der Waals surface area contributed by atoms with Crippen LogP contribution in [-0.2, 0) is 46.3 Å². The zero-order valence-electron chi connectivity index (χ0n) is 44.5. The molecule has 1 aromatic carbocycles. The van der Waals surface area contributed by atoms with Crippen molar-refractivity contribution in [2.75, 3.05) is 79.4 Å². The number of thiazole rings is 1. The molecule has 16 nitrogen and oxygen atoms in total. The van der Waals surface area contributed by atoms with Crippen LogP contribution in [0.25, 0.3) is 33.4 Å². The molecule has 410 valence electrons. The lowest BCUT2D eigenvalue weighted by molar-refractivity contribution is -0.163. The molecule has 6 bridgehead atoms. The number of nitrogens with zero attached hydrogens (tertiary/aromatic N) is 7. The van der Waals surface area contributed by atoms with E-state index in [1.807, 2.05) is 45.2 Å². The molecule has 1 aliphatic carbocycles. The molecule has 4 aromatic rings. The molecule has 20 heteroatoms. The Morgan fingerprint density at radius 2 is 1.78 bits per heavy atom. The van der Waals surface area contributed by atoms with Crippen molar-refractivity contribution < 1.29 is 46.5 Å². The van der Waals surface area contributed by atoms with Gasteiger partial charge in [0.1, 0.15) is 29.7 Å². The van der Waals surface area contributed by atoms with Crippen LogP contribution in [-0.4, -0.2) is 168 Å². The van der Waals surface area contributed by atoms with Crippen molar-refractivity contribution >= 4 is 40.0 Å². The van der Waals surface area contributed by atoms with Crippen LogP contribution in [0.4, 0.5) is 13.2 Å². The minimum absolute atomic E-state index is 0.0542. The van der Waals surface area contributed by atoms with Crippen molar-refractivity contribution in [2.45, 2.75) is 135 Å². The lowest BCUT2D eigenvalue weighted by Crippen LogP contribution is -2.64. The van der Waals surface area contributed by atoms with E-state index in [9.17, 15) is 9.59 Å². The second-order valence-corrected chi connectivity index (χ2v) is 23.3. The number of ether oxygens (including phenoxy) is 4. The summed E-state index contributed by atoms with van der Waals surface area (Å²) >= 11 is 1.36. The van der Waals surface area contributed by atoms with Crippen LogP contribution < -0.4 is 10.7 Å². The van der Waals surface area contributed by atoms with Gasteiger partial charge < -0.3 is 28.8 Å². The maximum atomic E-state index is 15.2. The van der Waals surface area contributed by atoms with Gasteiger partial charge in [-0.05, 0) is 82.6 Å². The maximum Gasteiger partial charge on any atom is 0.406 e. The number of carbonyl (C=O) groups is 3. The number of hydrogen-bond acceptors (Lipinski definition) is 14. The van der Waals surface area contributed by atoms with Crippen molar-refractivity contribution in [1.82, 2.24) is 45.0 Å². The number of hydrogen-bond donors (Lipinski definition) is 2. The fourth-order valence-electron chi connectivity index (χ4n) is 11.5. The number of piperazine rings is 1. The van der Waals surface area contributed by atoms with Crippen molar-refractivity contribution in [3.8, 4) is 34.4 Å². The van der Waals surface area contributed by atoms with E-state index in [4.69, 9.17) is 28.9 Å². The molecule has 8 heterocycles. The van der Waals surface area contributed by atoms with E-state index < -0.39 is 66.3 Å². The molecule has 2 N–H and O–H groups in total. The number of halogens is 3. The van der Waals surface area contributed by atoms with Gasteiger partial charge in [-0.1, -0.05) is 38.7 Å². The van der Waals surface area contributed by atoms with E-state index in [-0.39, 0.29) is 31.5 Å². The molecule has 5 fully saturated rings. The van der Waals surface area contributed by atoms with Gasteiger partial charge in [-0.15, -0.1) is 11.3 Å². The number of carbonyl (C=O) groups excluding carboxylic acids is 3. The topological polar surface area (TPSA) is 156 Å². The molecule has 10 rings (SSSR count). The fourth-order valence-corrected chi connectivity index (χ4v) is 12.5. The van der Waals surface area contributed by atoms with Crippen LogP contribution in [0.3, 0.4) is 0 Å². The third kappa shape index (κ3) is 12.0. The SMILES string of the molecule is CO[C@@H](C)c1ncc(C#C[C@@H](C)N2CCN(C3CC3)CC2)cc1-c1c2c3cc(ccc3n1CC(F)(F)F)-c1csc(n1)[C@@H](N1CCCOCCC1)[C@H](NC(=O)[C@H]1OC[C@@H]1C)C(=O)N1CCC[C@H](N1)C(=O)OCC(C)(C)C2. The van der Waals surface area contributed by atoms with Gasteiger partial charge >= 0.3 is 12.1 Å². The zero-order chi connectivity index (χ0) is 53.5. The molecule has 4 saturated heterocycles. The Labute approximate surface area is 447 Å². The highest BCUT2D eigenvalue weighted by Crippen LogP contribution is 2.44. The Bertz CT molecular complexity index is 2830. The first kappa shape index (κ1) is 54.4. The average Bonchev–Trinajstić information content (AvgIpc) is 4.09. The standard InChI is InChI=1S/C56H72F3N9O7S/c1-34-30-74-50(34)51(69)62-47-49(66-17-8-24-73-25-9-18-66)52-61-44(31-76-52)38-13-16-45-40(27-38)42(28-55(4,5)33-75-54(71)43-10-7-19-68(63-43)53(47)70)48(67(45)32-56(57,58)59)41-26-37(29-60-46(41)36(3)72-6)12-11-35(2)64-20-22-65(23-21-64)39-14-15-39/h13,16,26-27,29,31,34-36,39,43,47,49-50,63H,7-10,14-15,17-25,28,30,32-33H2,1-6H3,(H,62,69)/t34-,35+,36-,43-,47-,49-,50-/m0/s1. The highest BCUT2D eigenvalue weighted by atomic mass is 32.1. The summed E-state index contributed by atoms with van der Waals surface area (Å²) in [5.41, 5.74) is 6.31. The van der Waals surface area contributed by atoms with Gasteiger partial charge in [0.2, 0.25) is 5.91 Å². The maximum absolute atomic E-state index is 15.2. The Morgan fingerprint density at radius 3 is 2.46 bits per heavy atom. The second-order valence-electron chi connectivity index (χ2n) is 22.4. The molecule has 7 atom stereocenters. The Kier molecular flexibility index (Phi) is 16.3. The number of nitrogens with one attached hydrogen (secondary N) is 2. The summed E-state index contributed by atoms with van der Waals surface area (Å²) in [6.45, 7) is 15.0. The molecule has 3 aromatic heterocycles. The average molecular weight is 1070 g/mol. The molecule has 0 unspecified atom stereocenters. The molecule has 2 amide bonds. The van der Waals surface area contributed by atoms with Crippen LogP contribution in [0, 0.1) is 23.2 Å². The van der Waals surface area contributed by atoms with Crippen molar-refractivity contribution in [2.24, 2.45) is 11.3 Å². The van der Waals surface area contributed by atoms with Gasteiger partial charge in [-0.2, -0.15) is 13.2 Å². The minimum atomic E-state index is -4.63. The lowest BCUT2D eigenvalue weighted by atomic mass is 9.84. The van der Waals surface area contributed by atoms with Gasteiger partial charge in [-0.25, -0.2) is 10.4 Å². The van der Waals surface area contributed by atoms with E-state index >= 15 is 18.0 Å². The number of amides is 2. The van der Waals surface area contributed by atoms with Crippen LogP contribution in [0.1, 0.15) is 107 Å². The first-order valence-electron chi connectivity index (χ1n) is 27.1.